The molecule has 2 rings (SSSR count). The van der Waals surface area contributed by atoms with Gasteiger partial charge in [-0.3, -0.25) is 5.41 Å². The SMILES string of the molecule is N=C(N)c1ccc(OCC2CCCC2)cc1Br. The van der Waals surface area contributed by atoms with Gasteiger partial charge in [-0.25, -0.2) is 0 Å². The first-order valence-electron chi connectivity index (χ1n) is 5.93. The zero-order chi connectivity index (χ0) is 12.3. The van der Waals surface area contributed by atoms with E-state index in [0.717, 1.165) is 16.8 Å². The third-order valence-electron chi connectivity index (χ3n) is 3.19. The van der Waals surface area contributed by atoms with Crippen molar-refractivity contribution in [3.63, 3.8) is 0 Å². The molecule has 0 saturated heterocycles. The number of benzene rings is 1. The molecule has 17 heavy (non-hydrogen) atoms. The highest BCUT2D eigenvalue weighted by Crippen LogP contribution is 2.27. The summed E-state index contributed by atoms with van der Waals surface area (Å²) in [5, 5.41) is 7.39. The van der Waals surface area contributed by atoms with E-state index in [2.05, 4.69) is 15.9 Å². The van der Waals surface area contributed by atoms with Gasteiger partial charge in [0.1, 0.15) is 11.6 Å². The zero-order valence-electron chi connectivity index (χ0n) is 9.71. The molecule has 4 heteroatoms. The Morgan fingerprint density at radius 3 is 2.71 bits per heavy atom. The van der Waals surface area contributed by atoms with Crippen LogP contribution in [-0.4, -0.2) is 12.4 Å². The lowest BCUT2D eigenvalue weighted by molar-refractivity contribution is 0.252. The molecule has 1 fully saturated rings. The van der Waals surface area contributed by atoms with E-state index in [4.69, 9.17) is 15.9 Å². The molecule has 3 nitrogen and oxygen atoms in total. The maximum atomic E-state index is 7.39. The van der Waals surface area contributed by atoms with Gasteiger partial charge in [-0.15, -0.1) is 0 Å². The van der Waals surface area contributed by atoms with Crippen LogP contribution in [0.4, 0.5) is 0 Å². The van der Waals surface area contributed by atoms with Crippen LogP contribution in [-0.2, 0) is 0 Å². The molecule has 0 heterocycles. The lowest BCUT2D eigenvalue weighted by Crippen LogP contribution is -2.12. The molecule has 1 aliphatic carbocycles. The molecule has 1 aliphatic rings. The molecule has 0 amide bonds. The van der Waals surface area contributed by atoms with Crippen molar-refractivity contribution < 1.29 is 4.74 Å². The monoisotopic (exact) mass is 296 g/mol. The molecule has 92 valence electrons. The van der Waals surface area contributed by atoms with Crippen LogP contribution in [0.3, 0.4) is 0 Å². The summed E-state index contributed by atoms with van der Waals surface area (Å²) >= 11 is 3.40. The van der Waals surface area contributed by atoms with Gasteiger partial charge in [0.15, 0.2) is 0 Å². The second kappa shape index (κ2) is 5.54. The van der Waals surface area contributed by atoms with Crippen molar-refractivity contribution in [2.75, 3.05) is 6.61 Å². The predicted octanol–water partition coefficient (Wildman–Crippen LogP) is 3.30. The first-order chi connectivity index (χ1) is 8.16. The minimum Gasteiger partial charge on any atom is -0.493 e. The zero-order valence-corrected chi connectivity index (χ0v) is 11.3. The number of rotatable bonds is 4. The minimum atomic E-state index is 0.0687. The van der Waals surface area contributed by atoms with E-state index in [1.807, 2.05) is 18.2 Å². The minimum absolute atomic E-state index is 0.0687. The maximum absolute atomic E-state index is 7.39. The smallest absolute Gasteiger partial charge is 0.123 e. The predicted molar refractivity (Wildman–Crippen MR) is 72.6 cm³/mol. The topological polar surface area (TPSA) is 59.1 Å². The Kier molecular flexibility index (Phi) is 4.05. The Morgan fingerprint density at radius 2 is 2.12 bits per heavy atom. The summed E-state index contributed by atoms with van der Waals surface area (Å²) in [6, 6.07) is 5.57. The summed E-state index contributed by atoms with van der Waals surface area (Å²) in [4.78, 5) is 0. The molecule has 1 aromatic carbocycles. The molecule has 1 saturated carbocycles. The Balaban J connectivity index is 1.97. The van der Waals surface area contributed by atoms with Crippen LogP contribution in [0.2, 0.25) is 0 Å². The standard InChI is InChI=1S/C13H17BrN2O/c14-12-7-10(5-6-11(12)13(15)16)17-8-9-3-1-2-4-9/h5-7,9H,1-4,8H2,(H3,15,16). The van der Waals surface area contributed by atoms with Gasteiger partial charge >= 0.3 is 0 Å². The average Bonchev–Trinajstić information content (AvgIpc) is 2.78. The van der Waals surface area contributed by atoms with Crippen molar-refractivity contribution in [1.82, 2.24) is 0 Å². The van der Waals surface area contributed by atoms with Gasteiger partial charge in [-0.05, 0) is 52.9 Å². The lowest BCUT2D eigenvalue weighted by atomic mass is 10.1. The van der Waals surface area contributed by atoms with Gasteiger partial charge < -0.3 is 10.5 Å². The fourth-order valence-electron chi connectivity index (χ4n) is 2.20. The summed E-state index contributed by atoms with van der Waals surface area (Å²) in [5.41, 5.74) is 6.16. The van der Waals surface area contributed by atoms with Gasteiger partial charge in [0, 0.05) is 10.0 Å². The van der Waals surface area contributed by atoms with Crippen LogP contribution < -0.4 is 10.5 Å². The summed E-state index contributed by atoms with van der Waals surface area (Å²) < 4.78 is 6.58. The summed E-state index contributed by atoms with van der Waals surface area (Å²) in [5.74, 6) is 1.62. The summed E-state index contributed by atoms with van der Waals surface area (Å²) in [6.45, 7) is 0.797. The van der Waals surface area contributed by atoms with E-state index >= 15 is 0 Å². The molecular formula is C13H17BrN2O. The third kappa shape index (κ3) is 3.22. The molecule has 0 aliphatic heterocycles. The molecule has 3 N–H and O–H groups in total. The van der Waals surface area contributed by atoms with Crippen molar-refractivity contribution >= 4 is 21.8 Å². The van der Waals surface area contributed by atoms with Crippen molar-refractivity contribution in [3.8, 4) is 5.75 Å². The number of nitrogen functional groups attached to an aromatic ring is 1. The quantitative estimate of drug-likeness (QED) is 0.661. The maximum Gasteiger partial charge on any atom is 0.123 e. The number of hydrogen-bond acceptors (Lipinski definition) is 2. The Labute approximate surface area is 110 Å². The fourth-order valence-corrected chi connectivity index (χ4v) is 2.77. The summed E-state index contributed by atoms with van der Waals surface area (Å²) in [6.07, 6.45) is 5.24. The van der Waals surface area contributed by atoms with Crippen molar-refractivity contribution in [2.45, 2.75) is 25.7 Å². The third-order valence-corrected chi connectivity index (χ3v) is 3.85. The first-order valence-corrected chi connectivity index (χ1v) is 6.73. The van der Waals surface area contributed by atoms with E-state index in [9.17, 15) is 0 Å². The Bertz CT molecular complexity index is 414. The molecule has 0 radical (unpaired) electrons. The normalized spacial score (nSPS) is 16.1. The van der Waals surface area contributed by atoms with E-state index in [1.54, 1.807) is 0 Å². The number of nitrogens with one attached hydrogen (secondary N) is 1. The molecule has 0 atom stereocenters. The second-order valence-corrected chi connectivity index (χ2v) is 5.37. The van der Waals surface area contributed by atoms with Gasteiger partial charge in [0.05, 0.1) is 6.61 Å². The van der Waals surface area contributed by atoms with E-state index in [0.29, 0.717) is 11.5 Å². The van der Waals surface area contributed by atoms with Crippen LogP contribution >= 0.6 is 15.9 Å². The van der Waals surface area contributed by atoms with Crippen LogP contribution in [0.15, 0.2) is 22.7 Å². The first kappa shape index (κ1) is 12.4. The molecule has 0 unspecified atom stereocenters. The Hall–Kier alpha value is -1.03. The highest BCUT2D eigenvalue weighted by Gasteiger charge is 2.15. The van der Waals surface area contributed by atoms with E-state index < -0.39 is 0 Å². The molecular weight excluding hydrogens is 280 g/mol. The molecule has 1 aromatic rings. The van der Waals surface area contributed by atoms with Crippen molar-refractivity contribution in [1.29, 1.82) is 5.41 Å². The highest BCUT2D eigenvalue weighted by molar-refractivity contribution is 9.10. The van der Waals surface area contributed by atoms with Gasteiger partial charge in [0.2, 0.25) is 0 Å². The number of halogens is 1. The average molecular weight is 297 g/mol. The summed E-state index contributed by atoms with van der Waals surface area (Å²) in [7, 11) is 0. The van der Waals surface area contributed by atoms with Gasteiger partial charge in [0.25, 0.3) is 0 Å². The second-order valence-electron chi connectivity index (χ2n) is 4.52. The van der Waals surface area contributed by atoms with Gasteiger partial charge in [-0.1, -0.05) is 12.8 Å². The fraction of sp³-hybridized carbons (Fsp3) is 0.462. The number of hydrogen-bond donors (Lipinski definition) is 2. The molecule has 0 bridgehead atoms. The Morgan fingerprint density at radius 1 is 1.41 bits per heavy atom. The van der Waals surface area contributed by atoms with Crippen LogP contribution in [0.1, 0.15) is 31.2 Å². The molecule has 0 aromatic heterocycles. The van der Waals surface area contributed by atoms with Crippen molar-refractivity contribution in [2.24, 2.45) is 11.7 Å². The lowest BCUT2D eigenvalue weighted by Gasteiger charge is -2.12. The van der Waals surface area contributed by atoms with Crippen LogP contribution in [0, 0.1) is 11.3 Å². The van der Waals surface area contributed by atoms with Crippen LogP contribution in [0.5, 0.6) is 5.75 Å². The van der Waals surface area contributed by atoms with Gasteiger partial charge in [-0.2, -0.15) is 0 Å². The number of ether oxygens (including phenoxy) is 1. The number of nitrogens with two attached hydrogens (primary N) is 1. The van der Waals surface area contributed by atoms with Crippen molar-refractivity contribution in [3.05, 3.63) is 28.2 Å². The van der Waals surface area contributed by atoms with Crippen LogP contribution in [0.25, 0.3) is 0 Å². The van der Waals surface area contributed by atoms with E-state index in [1.165, 1.54) is 25.7 Å². The largest absolute Gasteiger partial charge is 0.493 e. The highest BCUT2D eigenvalue weighted by atomic mass is 79.9. The number of amidine groups is 1. The molecule has 0 spiro atoms. The van der Waals surface area contributed by atoms with E-state index in [-0.39, 0.29) is 5.84 Å².